The van der Waals surface area contributed by atoms with E-state index in [2.05, 4.69) is 53.7 Å². The average molecular weight is 304 g/mol. The van der Waals surface area contributed by atoms with Crippen LogP contribution in [0, 0.1) is 0 Å². The summed E-state index contributed by atoms with van der Waals surface area (Å²) in [5.41, 5.74) is 4.92. The second kappa shape index (κ2) is 8.99. The van der Waals surface area contributed by atoms with Crippen LogP contribution in [0.2, 0.25) is 0 Å². The third-order valence-electron chi connectivity index (χ3n) is 3.94. The Kier molecular flexibility index (Phi) is 7.67. The van der Waals surface area contributed by atoms with Gasteiger partial charge in [-0.15, -0.1) is 0 Å². The van der Waals surface area contributed by atoms with Gasteiger partial charge in [0, 0.05) is 5.56 Å². The average Bonchev–Trinajstić information content (AvgIpc) is 2.49. The summed E-state index contributed by atoms with van der Waals surface area (Å²) in [7, 11) is 0. The molecule has 0 aliphatic rings. The number of rotatable bonds is 8. The van der Waals surface area contributed by atoms with Gasteiger partial charge in [-0.05, 0) is 47.4 Å². The van der Waals surface area contributed by atoms with E-state index < -0.39 is 0 Å². The highest BCUT2D eigenvalue weighted by Crippen LogP contribution is 2.38. The van der Waals surface area contributed by atoms with Crippen LogP contribution in [-0.4, -0.2) is 18.3 Å². The lowest BCUT2D eigenvalue weighted by Crippen LogP contribution is -2.06. The summed E-state index contributed by atoms with van der Waals surface area (Å²) in [6.07, 6.45) is 3.79. The van der Waals surface area contributed by atoms with Crippen LogP contribution >= 0.6 is 0 Å². The molecule has 0 heterocycles. The number of allylic oxidation sites excluding steroid dienone is 1. The fourth-order valence-corrected chi connectivity index (χ4v) is 2.60. The van der Waals surface area contributed by atoms with Crippen molar-refractivity contribution in [2.75, 3.05) is 13.2 Å². The van der Waals surface area contributed by atoms with Gasteiger partial charge in [0.15, 0.2) is 0 Å². The Morgan fingerprint density at radius 3 is 2.27 bits per heavy atom. The van der Waals surface area contributed by atoms with Crippen molar-refractivity contribution >= 4 is 5.57 Å². The quantitative estimate of drug-likeness (QED) is 0.686. The lowest BCUT2D eigenvalue weighted by Gasteiger charge is -2.22. The lowest BCUT2D eigenvalue weighted by molar-refractivity contribution is 0.311. The molecule has 0 saturated carbocycles. The van der Waals surface area contributed by atoms with Crippen LogP contribution in [-0.2, 0) is 0 Å². The highest BCUT2D eigenvalue weighted by atomic mass is 16.5. The second-order valence-corrected chi connectivity index (χ2v) is 6.41. The van der Waals surface area contributed by atoms with Crippen LogP contribution in [0.25, 0.3) is 5.57 Å². The van der Waals surface area contributed by atoms with E-state index in [1.54, 1.807) is 0 Å². The molecule has 0 bridgehead atoms. The van der Waals surface area contributed by atoms with E-state index in [4.69, 9.17) is 4.74 Å². The molecule has 1 aromatic rings. The van der Waals surface area contributed by atoms with Gasteiger partial charge in [0.2, 0.25) is 0 Å². The van der Waals surface area contributed by atoms with Crippen LogP contribution < -0.4 is 4.74 Å². The first-order chi connectivity index (χ1) is 10.5. The van der Waals surface area contributed by atoms with Crippen molar-refractivity contribution in [3.63, 3.8) is 0 Å². The molecule has 2 heteroatoms. The van der Waals surface area contributed by atoms with Gasteiger partial charge >= 0.3 is 0 Å². The molecule has 1 aromatic carbocycles. The van der Waals surface area contributed by atoms with Gasteiger partial charge in [-0.1, -0.05) is 53.7 Å². The number of aliphatic hydroxyl groups is 1. The van der Waals surface area contributed by atoms with E-state index in [-0.39, 0.29) is 6.61 Å². The monoisotopic (exact) mass is 304 g/mol. The van der Waals surface area contributed by atoms with Crippen molar-refractivity contribution in [2.45, 2.75) is 66.2 Å². The first-order valence-corrected chi connectivity index (χ1v) is 8.57. The maximum Gasteiger partial charge on any atom is 0.130 e. The molecule has 2 nitrogen and oxygen atoms in total. The van der Waals surface area contributed by atoms with Gasteiger partial charge in [-0.2, -0.15) is 0 Å². The Balaban J connectivity index is 3.55. The zero-order valence-corrected chi connectivity index (χ0v) is 15.1. The van der Waals surface area contributed by atoms with Gasteiger partial charge in [0.05, 0.1) is 13.2 Å². The third kappa shape index (κ3) is 4.61. The Bertz CT molecular complexity index is 499. The first kappa shape index (κ1) is 18.8. The topological polar surface area (TPSA) is 29.5 Å². The minimum absolute atomic E-state index is 0.0688. The van der Waals surface area contributed by atoms with Crippen LogP contribution in [0.4, 0.5) is 0 Å². The van der Waals surface area contributed by atoms with Crippen LogP contribution in [0.5, 0.6) is 5.75 Å². The molecule has 0 aliphatic heterocycles. The maximum atomic E-state index is 9.34. The largest absolute Gasteiger partial charge is 0.493 e. The normalized spacial score (nSPS) is 12.3. The van der Waals surface area contributed by atoms with E-state index in [1.807, 2.05) is 6.08 Å². The standard InChI is InChI=1S/C20H32O2/c1-7-11-22-20-18(15(5)6)12-17(14(3)4)13-19(20)16(8-2)9-10-21/h9,12-15,21H,7-8,10-11H2,1-6H3. The fraction of sp³-hybridized carbons (Fsp3) is 0.600. The minimum atomic E-state index is 0.0688. The number of ether oxygens (including phenoxy) is 1. The summed E-state index contributed by atoms with van der Waals surface area (Å²) in [5, 5.41) is 9.34. The van der Waals surface area contributed by atoms with Gasteiger partial charge < -0.3 is 9.84 Å². The van der Waals surface area contributed by atoms with Crippen molar-refractivity contribution in [1.82, 2.24) is 0 Å². The molecule has 22 heavy (non-hydrogen) atoms. The molecule has 1 N–H and O–H groups in total. The highest BCUT2D eigenvalue weighted by molar-refractivity contribution is 5.73. The van der Waals surface area contributed by atoms with Crippen molar-refractivity contribution in [2.24, 2.45) is 0 Å². The molecule has 124 valence electrons. The Hall–Kier alpha value is -1.28. The second-order valence-electron chi connectivity index (χ2n) is 6.41. The smallest absolute Gasteiger partial charge is 0.130 e. The molecule has 0 amide bonds. The Morgan fingerprint density at radius 2 is 1.82 bits per heavy atom. The molecular formula is C20H32O2. The summed E-state index contributed by atoms with van der Waals surface area (Å²) in [5.74, 6) is 1.89. The first-order valence-electron chi connectivity index (χ1n) is 8.57. The number of aliphatic hydroxyl groups excluding tert-OH is 1. The van der Waals surface area contributed by atoms with E-state index in [0.29, 0.717) is 11.8 Å². The molecule has 0 radical (unpaired) electrons. The van der Waals surface area contributed by atoms with Crippen molar-refractivity contribution in [3.05, 3.63) is 34.9 Å². The lowest BCUT2D eigenvalue weighted by atomic mass is 9.88. The van der Waals surface area contributed by atoms with E-state index >= 15 is 0 Å². The summed E-state index contributed by atoms with van der Waals surface area (Å²) in [6.45, 7) is 13.9. The Morgan fingerprint density at radius 1 is 1.14 bits per heavy atom. The predicted octanol–water partition coefficient (Wildman–Crippen LogP) is 5.51. The number of hydrogen-bond acceptors (Lipinski definition) is 2. The van der Waals surface area contributed by atoms with E-state index in [0.717, 1.165) is 36.3 Å². The molecule has 1 rings (SSSR count). The molecule has 0 unspecified atom stereocenters. The van der Waals surface area contributed by atoms with Crippen molar-refractivity contribution in [3.8, 4) is 5.75 Å². The Labute approximate surface area is 136 Å². The summed E-state index contributed by atoms with van der Waals surface area (Å²) in [4.78, 5) is 0. The van der Waals surface area contributed by atoms with Crippen LogP contribution in [0.1, 0.15) is 82.9 Å². The molecule has 0 aromatic heterocycles. The summed E-state index contributed by atoms with van der Waals surface area (Å²) < 4.78 is 6.12. The minimum Gasteiger partial charge on any atom is -0.493 e. The molecule has 0 aliphatic carbocycles. The van der Waals surface area contributed by atoms with Crippen molar-refractivity contribution in [1.29, 1.82) is 0 Å². The van der Waals surface area contributed by atoms with Crippen LogP contribution in [0.3, 0.4) is 0 Å². The number of benzene rings is 1. The molecule has 0 fully saturated rings. The van der Waals surface area contributed by atoms with Gasteiger partial charge in [0.25, 0.3) is 0 Å². The number of hydrogen-bond donors (Lipinski definition) is 1. The van der Waals surface area contributed by atoms with Crippen LogP contribution in [0.15, 0.2) is 18.2 Å². The summed E-state index contributed by atoms with van der Waals surface area (Å²) >= 11 is 0. The molecule has 0 saturated heterocycles. The molecule has 0 atom stereocenters. The van der Waals surface area contributed by atoms with Gasteiger partial charge in [0.1, 0.15) is 5.75 Å². The highest BCUT2D eigenvalue weighted by Gasteiger charge is 2.18. The van der Waals surface area contributed by atoms with E-state index in [9.17, 15) is 5.11 Å². The summed E-state index contributed by atoms with van der Waals surface area (Å²) in [6, 6.07) is 4.53. The zero-order chi connectivity index (χ0) is 16.7. The SMILES string of the molecule is CCCOc1c(C(=CCO)CC)cc(C(C)C)cc1C(C)C. The molecule has 0 spiro atoms. The van der Waals surface area contributed by atoms with Gasteiger partial charge in [-0.3, -0.25) is 0 Å². The zero-order valence-electron chi connectivity index (χ0n) is 15.1. The van der Waals surface area contributed by atoms with Gasteiger partial charge in [-0.25, -0.2) is 0 Å². The van der Waals surface area contributed by atoms with E-state index in [1.165, 1.54) is 11.1 Å². The molecular weight excluding hydrogens is 272 g/mol. The van der Waals surface area contributed by atoms with Crippen molar-refractivity contribution < 1.29 is 9.84 Å². The third-order valence-corrected chi connectivity index (χ3v) is 3.94. The fourth-order valence-electron chi connectivity index (χ4n) is 2.60. The maximum absolute atomic E-state index is 9.34. The predicted molar refractivity (Wildman–Crippen MR) is 95.8 cm³/mol.